The van der Waals surface area contributed by atoms with Gasteiger partial charge in [-0.2, -0.15) is 0 Å². The molecular weight excluding hydrogens is 334 g/mol. The average molecular weight is 362 g/mol. The first-order valence-electron chi connectivity index (χ1n) is 8.59. The van der Waals surface area contributed by atoms with E-state index in [2.05, 4.69) is 0 Å². The maximum Gasteiger partial charge on any atom is 0.118 e. The van der Waals surface area contributed by atoms with E-state index in [-0.39, 0.29) is 11.3 Å². The molecule has 0 N–H and O–H groups in total. The van der Waals surface area contributed by atoms with E-state index in [4.69, 9.17) is 0 Å². The van der Waals surface area contributed by atoms with Gasteiger partial charge in [0.05, 0.1) is 0 Å². The second-order valence-corrected chi connectivity index (χ2v) is 14.1. The zero-order valence-electron chi connectivity index (χ0n) is 15.1. The van der Waals surface area contributed by atoms with Crippen molar-refractivity contribution in [2.45, 2.75) is 39.0 Å². The first-order valence-corrected chi connectivity index (χ1v) is 12.5. The molecule has 24 heavy (non-hydrogen) atoms. The van der Waals surface area contributed by atoms with Crippen LogP contribution in [0.3, 0.4) is 0 Å². The van der Waals surface area contributed by atoms with Crippen LogP contribution in [0.2, 0.25) is 0 Å². The van der Waals surface area contributed by atoms with Gasteiger partial charge in [-0.05, 0) is 0 Å². The first-order chi connectivity index (χ1) is 11.3. The van der Waals surface area contributed by atoms with E-state index >= 15 is 0 Å². The Morgan fingerprint density at radius 2 is 0.917 bits per heavy atom. The molecular formula is C20H28O2P2. The smallest absolute Gasteiger partial charge is 0.118 e. The number of hydrogen-bond acceptors (Lipinski definition) is 2. The monoisotopic (exact) mass is 362 g/mol. The lowest BCUT2D eigenvalue weighted by atomic mass is 10.4. The van der Waals surface area contributed by atoms with Gasteiger partial charge in [-0.25, -0.2) is 0 Å². The molecule has 0 spiro atoms. The molecule has 2 aromatic rings. The summed E-state index contributed by atoms with van der Waals surface area (Å²) in [4.78, 5) is 0. The Labute approximate surface area is 146 Å². The lowest BCUT2D eigenvalue weighted by Crippen LogP contribution is -2.21. The zero-order chi connectivity index (χ0) is 17.8. The molecule has 130 valence electrons. The van der Waals surface area contributed by atoms with Gasteiger partial charge >= 0.3 is 0 Å². The molecule has 0 aliphatic rings. The summed E-state index contributed by atoms with van der Waals surface area (Å²) in [6.07, 6.45) is 0.998. The average Bonchev–Trinajstić information content (AvgIpc) is 2.60. The Morgan fingerprint density at radius 1 is 0.625 bits per heavy atom. The van der Waals surface area contributed by atoms with Crippen LogP contribution >= 0.6 is 14.3 Å². The van der Waals surface area contributed by atoms with E-state index in [1.54, 1.807) is 0 Å². The standard InChI is InChI=1S/C20H28O2P2/c1-17(2)23(21,19-11-7-5-8-12-19)15-16-24(22,18(3)4)20-13-9-6-10-14-20/h5-14,17-18H,15-16H2,1-4H3. The molecule has 2 nitrogen and oxygen atoms in total. The van der Waals surface area contributed by atoms with Crippen molar-refractivity contribution in [3.8, 4) is 0 Å². The fourth-order valence-corrected chi connectivity index (χ4v) is 9.50. The van der Waals surface area contributed by atoms with Gasteiger partial charge in [-0.1, -0.05) is 88.4 Å². The SMILES string of the molecule is CC(C)P(=O)(CCP(=O)(c1ccccc1)C(C)C)c1ccccc1. The van der Waals surface area contributed by atoms with E-state index in [9.17, 15) is 9.13 Å². The third kappa shape index (κ3) is 3.93. The Morgan fingerprint density at radius 3 is 1.17 bits per heavy atom. The van der Waals surface area contributed by atoms with Crippen molar-refractivity contribution in [3.05, 3.63) is 60.7 Å². The van der Waals surface area contributed by atoms with Crippen LogP contribution < -0.4 is 10.6 Å². The summed E-state index contributed by atoms with van der Waals surface area (Å²) < 4.78 is 27.4. The second kappa shape index (κ2) is 7.85. The van der Waals surface area contributed by atoms with Crippen LogP contribution in [0, 0.1) is 0 Å². The summed E-state index contributed by atoms with van der Waals surface area (Å²) in [6, 6.07) is 19.4. The lowest BCUT2D eigenvalue weighted by molar-refractivity contribution is 0.569. The van der Waals surface area contributed by atoms with Crippen LogP contribution in [-0.2, 0) is 9.13 Å². The van der Waals surface area contributed by atoms with Gasteiger partial charge in [0.15, 0.2) is 0 Å². The fraction of sp³-hybridized carbons (Fsp3) is 0.400. The minimum Gasteiger partial charge on any atom is -0.318 e. The normalized spacial score (nSPS) is 16.8. The molecule has 0 amide bonds. The molecule has 0 aliphatic carbocycles. The van der Waals surface area contributed by atoms with Crippen molar-refractivity contribution in [2.24, 2.45) is 0 Å². The molecule has 0 heterocycles. The summed E-state index contributed by atoms with van der Waals surface area (Å²) >= 11 is 0. The minimum absolute atomic E-state index is 0.0521. The molecule has 0 saturated heterocycles. The van der Waals surface area contributed by atoms with Crippen molar-refractivity contribution >= 4 is 24.9 Å². The Bertz CT molecular complexity index is 671. The third-order valence-corrected chi connectivity index (χ3v) is 12.6. The van der Waals surface area contributed by atoms with Crippen molar-refractivity contribution in [2.75, 3.05) is 12.3 Å². The van der Waals surface area contributed by atoms with Gasteiger partial charge in [0.25, 0.3) is 0 Å². The molecule has 0 bridgehead atoms. The maximum atomic E-state index is 13.7. The first kappa shape index (κ1) is 19.2. The highest BCUT2D eigenvalue weighted by Crippen LogP contribution is 2.56. The van der Waals surface area contributed by atoms with Gasteiger partial charge in [-0.15, -0.1) is 0 Å². The highest BCUT2D eigenvalue weighted by molar-refractivity contribution is 7.76. The summed E-state index contributed by atoms with van der Waals surface area (Å²) in [6.45, 7) is 8.04. The van der Waals surface area contributed by atoms with Gasteiger partial charge < -0.3 is 9.13 Å². The van der Waals surface area contributed by atoms with Gasteiger partial charge in [0, 0.05) is 34.3 Å². The van der Waals surface area contributed by atoms with Crippen LogP contribution in [0.1, 0.15) is 27.7 Å². The van der Waals surface area contributed by atoms with Crippen LogP contribution in [0.4, 0.5) is 0 Å². The lowest BCUT2D eigenvalue weighted by Gasteiger charge is -2.28. The van der Waals surface area contributed by atoms with Gasteiger partial charge in [0.2, 0.25) is 0 Å². The van der Waals surface area contributed by atoms with Gasteiger partial charge in [0.1, 0.15) is 14.3 Å². The van der Waals surface area contributed by atoms with Crippen molar-refractivity contribution < 1.29 is 9.13 Å². The summed E-state index contributed by atoms with van der Waals surface area (Å²) in [5.74, 6) is 0. The van der Waals surface area contributed by atoms with E-state index in [1.165, 1.54) is 0 Å². The topological polar surface area (TPSA) is 34.1 Å². The Balaban J connectivity index is 2.34. The van der Waals surface area contributed by atoms with Crippen LogP contribution in [0.5, 0.6) is 0 Å². The Kier molecular flexibility index (Phi) is 6.29. The van der Waals surface area contributed by atoms with E-state index in [0.717, 1.165) is 10.6 Å². The third-order valence-electron chi connectivity index (χ3n) is 4.82. The summed E-state index contributed by atoms with van der Waals surface area (Å²) in [5, 5.41) is 1.81. The predicted molar refractivity (Wildman–Crippen MR) is 107 cm³/mol. The Hall–Kier alpha value is -1.10. The van der Waals surface area contributed by atoms with E-state index < -0.39 is 14.3 Å². The number of benzene rings is 2. The summed E-state index contributed by atoms with van der Waals surface area (Å²) in [5.41, 5.74) is 0.104. The highest BCUT2D eigenvalue weighted by atomic mass is 31.2. The van der Waals surface area contributed by atoms with Gasteiger partial charge in [-0.3, -0.25) is 0 Å². The molecule has 2 aromatic carbocycles. The van der Waals surface area contributed by atoms with Crippen molar-refractivity contribution in [3.63, 3.8) is 0 Å². The minimum atomic E-state index is -2.57. The fourth-order valence-electron chi connectivity index (χ4n) is 3.03. The van der Waals surface area contributed by atoms with Crippen molar-refractivity contribution in [1.82, 2.24) is 0 Å². The molecule has 0 aromatic heterocycles. The zero-order valence-corrected chi connectivity index (χ0v) is 16.8. The second-order valence-electron chi connectivity index (χ2n) is 6.90. The molecule has 4 heteroatoms. The van der Waals surface area contributed by atoms with Crippen LogP contribution in [0.15, 0.2) is 60.7 Å². The molecule has 0 aliphatic heterocycles. The largest absolute Gasteiger partial charge is 0.318 e. The van der Waals surface area contributed by atoms with E-state index in [1.807, 2.05) is 88.4 Å². The number of hydrogen-bond donors (Lipinski definition) is 0. The molecule has 0 saturated carbocycles. The van der Waals surface area contributed by atoms with Crippen LogP contribution in [-0.4, -0.2) is 23.6 Å². The maximum absolute atomic E-state index is 13.7. The molecule has 2 atom stereocenters. The predicted octanol–water partition coefficient (Wildman–Crippen LogP) is 5.18. The molecule has 2 rings (SSSR count). The highest BCUT2D eigenvalue weighted by Gasteiger charge is 2.35. The molecule has 2 unspecified atom stereocenters. The molecule has 0 fully saturated rings. The molecule has 0 radical (unpaired) electrons. The van der Waals surface area contributed by atoms with Crippen molar-refractivity contribution in [1.29, 1.82) is 0 Å². The quantitative estimate of drug-likeness (QED) is 0.636. The van der Waals surface area contributed by atoms with E-state index in [0.29, 0.717) is 12.3 Å². The summed E-state index contributed by atoms with van der Waals surface area (Å²) in [7, 11) is -5.14. The number of rotatable bonds is 7. The van der Waals surface area contributed by atoms with Crippen LogP contribution in [0.25, 0.3) is 0 Å².